The number of halogens is 2. The number of carboxylic acids is 1. The molecule has 0 aliphatic rings. The van der Waals surface area contributed by atoms with Crippen LogP contribution in [0.1, 0.15) is 20.8 Å². The molecule has 20 heavy (non-hydrogen) atoms. The largest absolute Gasteiger partial charge is 0.506 e. The van der Waals surface area contributed by atoms with E-state index in [0.29, 0.717) is 0 Å². The molecule has 0 aliphatic carbocycles. The number of aromatic carboxylic acids is 1. The van der Waals surface area contributed by atoms with E-state index in [1.54, 1.807) is 0 Å². The highest BCUT2D eigenvalue weighted by Gasteiger charge is 2.15. The zero-order valence-electron chi connectivity index (χ0n) is 9.78. The number of amides is 1. The van der Waals surface area contributed by atoms with Crippen molar-refractivity contribution >= 4 is 40.8 Å². The second-order valence-electron chi connectivity index (χ2n) is 3.84. The maximum absolute atomic E-state index is 11.9. The summed E-state index contributed by atoms with van der Waals surface area (Å²) in [5.74, 6) is -2.05. The first kappa shape index (κ1) is 14.2. The molecule has 0 saturated heterocycles. The van der Waals surface area contributed by atoms with Crippen LogP contribution in [0, 0.1) is 0 Å². The van der Waals surface area contributed by atoms with Crippen molar-refractivity contribution in [3.05, 3.63) is 45.7 Å². The van der Waals surface area contributed by atoms with Gasteiger partial charge in [-0.25, -0.2) is 4.79 Å². The highest BCUT2D eigenvalue weighted by molar-refractivity contribution is 6.41. The van der Waals surface area contributed by atoms with Gasteiger partial charge in [0.1, 0.15) is 16.6 Å². The molecule has 0 bridgehead atoms. The van der Waals surface area contributed by atoms with Crippen molar-refractivity contribution in [1.82, 2.24) is 4.98 Å². The number of phenols is 1. The van der Waals surface area contributed by atoms with Gasteiger partial charge >= 0.3 is 5.97 Å². The first-order valence-electron chi connectivity index (χ1n) is 5.30. The lowest BCUT2D eigenvalue weighted by Gasteiger charge is -2.07. The second-order valence-corrected chi connectivity index (χ2v) is 4.62. The summed E-state index contributed by atoms with van der Waals surface area (Å²) in [6, 6.07) is 4.85. The number of aromatic nitrogens is 1. The van der Waals surface area contributed by atoms with Gasteiger partial charge in [0.05, 0.1) is 16.3 Å². The normalized spacial score (nSPS) is 10.3. The summed E-state index contributed by atoms with van der Waals surface area (Å²) in [4.78, 5) is 25.3. The van der Waals surface area contributed by atoms with Gasteiger partial charge in [-0.2, -0.15) is 0 Å². The number of aromatic hydroxyl groups is 1. The van der Waals surface area contributed by atoms with Gasteiger partial charge in [-0.1, -0.05) is 23.2 Å². The number of nitrogens with one attached hydrogen (secondary N) is 2. The van der Waals surface area contributed by atoms with Crippen molar-refractivity contribution in [2.75, 3.05) is 5.32 Å². The Bertz CT molecular complexity index is 677. The molecule has 0 atom stereocenters. The van der Waals surface area contributed by atoms with E-state index in [9.17, 15) is 14.7 Å². The molecule has 2 aromatic rings. The number of aromatic amines is 1. The predicted molar refractivity (Wildman–Crippen MR) is 73.8 cm³/mol. The Balaban J connectivity index is 2.27. The van der Waals surface area contributed by atoms with Gasteiger partial charge in [0, 0.05) is 0 Å². The summed E-state index contributed by atoms with van der Waals surface area (Å²) in [6.07, 6.45) is 0. The quantitative estimate of drug-likeness (QED) is 0.654. The Morgan fingerprint density at radius 2 is 1.90 bits per heavy atom. The summed E-state index contributed by atoms with van der Waals surface area (Å²) in [7, 11) is 0. The highest BCUT2D eigenvalue weighted by atomic mass is 35.5. The minimum atomic E-state index is -1.17. The minimum Gasteiger partial charge on any atom is -0.506 e. The van der Waals surface area contributed by atoms with Gasteiger partial charge < -0.3 is 20.5 Å². The summed E-state index contributed by atoms with van der Waals surface area (Å²) in [5.41, 5.74) is -0.0162. The van der Waals surface area contributed by atoms with Gasteiger partial charge in [-0.3, -0.25) is 4.79 Å². The van der Waals surface area contributed by atoms with Crippen LogP contribution in [0.15, 0.2) is 24.3 Å². The molecule has 1 aromatic heterocycles. The average molecular weight is 315 g/mol. The van der Waals surface area contributed by atoms with Crippen LogP contribution in [0.2, 0.25) is 10.2 Å². The van der Waals surface area contributed by atoms with Gasteiger partial charge in [-0.05, 0) is 24.3 Å². The van der Waals surface area contributed by atoms with E-state index in [1.807, 2.05) is 0 Å². The number of anilines is 1. The summed E-state index contributed by atoms with van der Waals surface area (Å²) < 4.78 is 0. The Hall–Kier alpha value is -2.18. The number of carboxylic acid groups (broad SMARTS) is 1. The summed E-state index contributed by atoms with van der Waals surface area (Å²) in [5, 5.41) is 21.1. The molecule has 0 fully saturated rings. The molecule has 0 saturated carbocycles. The third-order valence-corrected chi connectivity index (χ3v) is 3.15. The Kier molecular flexibility index (Phi) is 3.87. The molecule has 0 radical (unpaired) electrons. The molecular weight excluding hydrogens is 307 g/mol. The van der Waals surface area contributed by atoms with Crippen molar-refractivity contribution in [3.8, 4) is 5.75 Å². The third-order valence-electron chi connectivity index (χ3n) is 2.46. The molecule has 0 aliphatic heterocycles. The van der Waals surface area contributed by atoms with Gasteiger partial charge in [0.2, 0.25) is 0 Å². The van der Waals surface area contributed by atoms with Crippen LogP contribution in [-0.2, 0) is 0 Å². The second kappa shape index (κ2) is 5.44. The van der Waals surface area contributed by atoms with Crippen molar-refractivity contribution < 1.29 is 19.8 Å². The van der Waals surface area contributed by atoms with Crippen LogP contribution in [0.25, 0.3) is 0 Å². The Morgan fingerprint density at radius 3 is 2.45 bits per heavy atom. The van der Waals surface area contributed by atoms with Gasteiger partial charge in [0.15, 0.2) is 0 Å². The molecule has 1 heterocycles. The van der Waals surface area contributed by atoms with Crippen molar-refractivity contribution in [3.63, 3.8) is 0 Å². The van der Waals surface area contributed by atoms with Crippen LogP contribution in [0.4, 0.5) is 5.69 Å². The number of rotatable bonds is 3. The van der Waals surface area contributed by atoms with Gasteiger partial charge in [0.25, 0.3) is 5.91 Å². The molecule has 1 aromatic carbocycles. The predicted octanol–water partition coefficient (Wildman–Crippen LogP) is 2.98. The maximum atomic E-state index is 11.9. The molecule has 4 N–H and O–H groups in total. The summed E-state index contributed by atoms with van der Waals surface area (Å²) in [6.45, 7) is 0. The van der Waals surface area contributed by atoms with E-state index in [-0.39, 0.29) is 32.9 Å². The lowest BCUT2D eigenvalue weighted by atomic mass is 10.2. The SMILES string of the molecule is O=C(O)c1ccc(O)c(NC(=O)c2cc(Cl)c(Cl)[nH]2)c1. The topological polar surface area (TPSA) is 102 Å². The number of benzene rings is 1. The van der Waals surface area contributed by atoms with Gasteiger partial charge in [-0.15, -0.1) is 0 Å². The number of hydrogen-bond donors (Lipinski definition) is 4. The van der Waals surface area contributed by atoms with Crippen molar-refractivity contribution in [1.29, 1.82) is 0 Å². The maximum Gasteiger partial charge on any atom is 0.335 e. The standard InChI is InChI=1S/C12H8Cl2N2O4/c13-6-4-8(15-10(6)14)11(18)16-7-3-5(12(19)20)1-2-9(7)17/h1-4,15,17H,(H,16,18)(H,19,20). The van der Waals surface area contributed by atoms with Crippen molar-refractivity contribution in [2.24, 2.45) is 0 Å². The Labute approximate surface area is 122 Å². The number of phenolic OH excluding ortho intramolecular Hbond substituents is 1. The van der Waals surface area contributed by atoms with E-state index in [1.165, 1.54) is 18.2 Å². The first-order chi connectivity index (χ1) is 9.38. The number of carbonyl (C=O) groups is 2. The molecule has 2 rings (SSSR count). The lowest BCUT2D eigenvalue weighted by Crippen LogP contribution is -2.13. The minimum absolute atomic E-state index is 0.0308. The van der Waals surface area contributed by atoms with Crippen LogP contribution in [0.5, 0.6) is 5.75 Å². The van der Waals surface area contributed by atoms with Crippen LogP contribution in [0.3, 0.4) is 0 Å². The third kappa shape index (κ3) is 2.87. The van der Waals surface area contributed by atoms with E-state index in [0.717, 1.165) is 6.07 Å². The molecule has 1 amide bonds. The zero-order valence-corrected chi connectivity index (χ0v) is 11.3. The highest BCUT2D eigenvalue weighted by Crippen LogP contribution is 2.26. The van der Waals surface area contributed by atoms with Crippen LogP contribution >= 0.6 is 23.2 Å². The van der Waals surface area contributed by atoms with Crippen LogP contribution in [-0.4, -0.2) is 27.1 Å². The fraction of sp³-hybridized carbons (Fsp3) is 0. The number of H-pyrrole nitrogens is 1. The lowest BCUT2D eigenvalue weighted by molar-refractivity contribution is 0.0696. The van der Waals surface area contributed by atoms with Crippen LogP contribution < -0.4 is 5.32 Å². The molecule has 6 nitrogen and oxygen atoms in total. The average Bonchev–Trinajstić information content (AvgIpc) is 2.72. The smallest absolute Gasteiger partial charge is 0.335 e. The number of hydrogen-bond acceptors (Lipinski definition) is 3. The fourth-order valence-electron chi connectivity index (χ4n) is 1.49. The van der Waals surface area contributed by atoms with E-state index < -0.39 is 11.9 Å². The van der Waals surface area contributed by atoms with E-state index >= 15 is 0 Å². The first-order valence-corrected chi connectivity index (χ1v) is 6.05. The van der Waals surface area contributed by atoms with E-state index in [4.69, 9.17) is 28.3 Å². The molecule has 0 unspecified atom stereocenters. The summed E-state index contributed by atoms with van der Waals surface area (Å²) >= 11 is 11.4. The molecule has 104 valence electrons. The number of carbonyl (C=O) groups excluding carboxylic acids is 1. The monoisotopic (exact) mass is 314 g/mol. The zero-order chi connectivity index (χ0) is 14.9. The Morgan fingerprint density at radius 1 is 1.20 bits per heavy atom. The van der Waals surface area contributed by atoms with E-state index in [2.05, 4.69) is 10.3 Å². The molecular formula is C12H8Cl2N2O4. The molecule has 0 spiro atoms. The molecule has 8 heteroatoms. The van der Waals surface area contributed by atoms with Crippen molar-refractivity contribution in [2.45, 2.75) is 0 Å². The fourth-order valence-corrected chi connectivity index (χ4v) is 1.80.